The monoisotopic (exact) mass is 489 g/mol. The summed E-state index contributed by atoms with van der Waals surface area (Å²) >= 11 is 0. The van der Waals surface area contributed by atoms with Crippen LogP contribution in [-0.4, -0.2) is 47.0 Å². The first-order valence-corrected chi connectivity index (χ1v) is 12.9. The van der Waals surface area contributed by atoms with E-state index in [4.69, 9.17) is 4.74 Å². The van der Waals surface area contributed by atoms with Gasteiger partial charge >= 0.3 is 6.09 Å². The molecule has 0 spiro atoms. The van der Waals surface area contributed by atoms with Crippen molar-refractivity contribution in [2.45, 2.75) is 112 Å². The number of carbonyl (C=O) groups is 3. The molecule has 0 aromatic heterocycles. The van der Waals surface area contributed by atoms with Crippen molar-refractivity contribution in [2.75, 3.05) is 6.54 Å². The molecule has 0 aliphatic carbocycles. The molecule has 0 saturated carbocycles. The van der Waals surface area contributed by atoms with Crippen LogP contribution in [0, 0.1) is 19.8 Å². The van der Waals surface area contributed by atoms with Crippen LogP contribution >= 0.6 is 0 Å². The molecule has 1 rings (SSSR count). The third-order valence-electron chi connectivity index (χ3n) is 5.74. The Morgan fingerprint density at radius 2 is 1.66 bits per heavy atom. The Kier molecular flexibility index (Phi) is 11.7. The fourth-order valence-electron chi connectivity index (χ4n) is 4.02. The summed E-state index contributed by atoms with van der Waals surface area (Å²) in [4.78, 5) is 41.7. The minimum Gasteiger partial charge on any atom is -0.444 e. The predicted octanol–water partition coefficient (Wildman–Crippen LogP) is 5.44. The highest BCUT2D eigenvalue weighted by Gasteiger charge is 2.39. The van der Waals surface area contributed by atoms with E-state index in [0.717, 1.165) is 36.0 Å². The van der Waals surface area contributed by atoms with Crippen LogP contribution in [0.4, 0.5) is 4.79 Å². The van der Waals surface area contributed by atoms with E-state index >= 15 is 0 Å². The van der Waals surface area contributed by atoms with E-state index < -0.39 is 23.8 Å². The normalized spacial score (nSPS) is 13.4. The lowest BCUT2D eigenvalue weighted by molar-refractivity contribution is -0.145. The second-order valence-corrected chi connectivity index (χ2v) is 11.0. The van der Waals surface area contributed by atoms with Crippen molar-refractivity contribution in [3.63, 3.8) is 0 Å². The van der Waals surface area contributed by atoms with Gasteiger partial charge in [0.05, 0.1) is 0 Å². The van der Waals surface area contributed by atoms with E-state index in [2.05, 4.69) is 17.6 Å². The van der Waals surface area contributed by atoms with Gasteiger partial charge in [-0.15, -0.1) is 0 Å². The molecule has 2 N–H and O–H groups in total. The standard InChI is InChI=1S/C28H47N3O4/c1-11-12-13-16-29-25(32)24(22-15-14-20(6)17-21(22)7)31(19(4)5)26(33)23(18(2)3)30-27(34)35-28(8,9)10/h14-15,17-19,23-24H,11-13,16H2,1-10H3,(H,29,32)(H,30,34). The second-order valence-electron chi connectivity index (χ2n) is 11.0. The van der Waals surface area contributed by atoms with Gasteiger partial charge in [-0.25, -0.2) is 4.79 Å². The summed E-state index contributed by atoms with van der Waals surface area (Å²) in [5.74, 6) is -0.729. The van der Waals surface area contributed by atoms with E-state index in [9.17, 15) is 14.4 Å². The van der Waals surface area contributed by atoms with Crippen LogP contribution in [0.3, 0.4) is 0 Å². The number of ether oxygens (including phenoxy) is 1. The summed E-state index contributed by atoms with van der Waals surface area (Å²) in [5.41, 5.74) is 2.12. The Labute approximate surface area is 212 Å². The van der Waals surface area contributed by atoms with Gasteiger partial charge < -0.3 is 20.3 Å². The molecule has 198 valence electrons. The summed E-state index contributed by atoms with van der Waals surface area (Å²) in [7, 11) is 0. The lowest BCUT2D eigenvalue weighted by atomic mass is 9.94. The zero-order valence-electron chi connectivity index (χ0n) is 23.5. The molecule has 35 heavy (non-hydrogen) atoms. The number of amides is 3. The average molecular weight is 490 g/mol. The topological polar surface area (TPSA) is 87.7 Å². The zero-order chi connectivity index (χ0) is 26.9. The quantitative estimate of drug-likeness (QED) is 0.405. The van der Waals surface area contributed by atoms with Gasteiger partial charge in [-0.2, -0.15) is 0 Å². The first-order chi connectivity index (χ1) is 16.2. The van der Waals surface area contributed by atoms with E-state index in [0.29, 0.717) is 6.54 Å². The Morgan fingerprint density at radius 1 is 1.03 bits per heavy atom. The number of carbonyl (C=O) groups excluding carboxylic acids is 3. The summed E-state index contributed by atoms with van der Waals surface area (Å²) in [6.07, 6.45) is 2.31. The molecule has 2 atom stereocenters. The fraction of sp³-hybridized carbons (Fsp3) is 0.679. The highest BCUT2D eigenvalue weighted by atomic mass is 16.6. The largest absolute Gasteiger partial charge is 0.444 e. The van der Waals surface area contributed by atoms with Crippen molar-refractivity contribution >= 4 is 17.9 Å². The maximum atomic E-state index is 14.0. The van der Waals surface area contributed by atoms with Crippen LogP contribution in [0.15, 0.2) is 18.2 Å². The van der Waals surface area contributed by atoms with E-state index in [1.54, 1.807) is 25.7 Å². The Balaban J connectivity index is 3.43. The van der Waals surface area contributed by atoms with Crippen molar-refractivity contribution in [3.8, 4) is 0 Å². The molecule has 1 aromatic carbocycles. The molecule has 0 radical (unpaired) electrons. The summed E-state index contributed by atoms with van der Waals surface area (Å²) < 4.78 is 5.41. The summed E-state index contributed by atoms with van der Waals surface area (Å²) in [6, 6.07) is 3.97. The maximum absolute atomic E-state index is 14.0. The van der Waals surface area contributed by atoms with Crippen molar-refractivity contribution in [3.05, 3.63) is 34.9 Å². The molecule has 0 aliphatic heterocycles. The van der Waals surface area contributed by atoms with Gasteiger partial charge in [-0.3, -0.25) is 9.59 Å². The molecule has 0 saturated heterocycles. The van der Waals surface area contributed by atoms with Crippen molar-refractivity contribution in [1.29, 1.82) is 0 Å². The Bertz CT molecular complexity index is 858. The Morgan fingerprint density at radius 3 is 2.14 bits per heavy atom. The highest BCUT2D eigenvalue weighted by Crippen LogP contribution is 2.29. The minimum absolute atomic E-state index is 0.205. The number of rotatable bonds is 11. The molecule has 1 aromatic rings. The van der Waals surface area contributed by atoms with Crippen molar-refractivity contribution in [1.82, 2.24) is 15.5 Å². The van der Waals surface area contributed by atoms with Crippen molar-refractivity contribution < 1.29 is 19.1 Å². The van der Waals surface area contributed by atoms with Crippen LogP contribution in [-0.2, 0) is 14.3 Å². The van der Waals surface area contributed by atoms with Gasteiger partial charge in [0.2, 0.25) is 11.8 Å². The number of hydrogen-bond donors (Lipinski definition) is 2. The number of benzene rings is 1. The molecular weight excluding hydrogens is 442 g/mol. The maximum Gasteiger partial charge on any atom is 0.408 e. The molecule has 7 nitrogen and oxygen atoms in total. The van der Waals surface area contributed by atoms with E-state index in [1.165, 1.54) is 0 Å². The third kappa shape index (κ3) is 9.54. The number of nitrogens with zero attached hydrogens (tertiary/aromatic N) is 1. The second kappa shape index (κ2) is 13.5. The van der Waals surface area contributed by atoms with Crippen molar-refractivity contribution in [2.24, 2.45) is 5.92 Å². The van der Waals surface area contributed by atoms with Gasteiger partial charge in [0.1, 0.15) is 17.7 Å². The molecule has 0 aliphatic rings. The number of alkyl carbamates (subject to hydrolysis) is 1. The molecule has 2 unspecified atom stereocenters. The molecule has 7 heteroatoms. The number of aryl methyl sites for hydroxylation is 2. The summed E-state index contributed by atoms with van der Waals surface area (Å²) in [5, 5.41) is 5.80. The van der Waals surface area contributed by atoms with Gasteiger partial charge in [-0.1, -0.05) is 57.4 Å². The average Bonchev–Trinajstić information content (AvgIpc) is 2.71. The SMILES string of the molecule is CCCCCNC(=O)C(c1ccc(C)cc1C)N(C(=O)C(NC(=O)OC(C)(C)C)C(C)C)C(C)C. The first-order valence-electron chi connectivity index (χ1n) is 12.9. The predicted molar refractivity (Wildman–Crippen MR) is 141 cm³/mol. The highest BCUT2D eigenvalue weighted by molar-refractivity contribution is 5.92. The third-order valence-corrected chi connectivity index (χ3v) is 5.74. The summed E-state index contributed by atoms with van der Waals surface area (Å²) in [6.45, 7) is 19.5. The molecule has 3 amide bonds. The first kappa shape index (κ1) is 30.5. The molecule has 0 bridgehead atoms. The number of unbranched alkanes of at least 4 members (excludes halogenated alkanes) is 2. The minimum atomic E-state index is -0.839. The number of hydrogen-bond acceptors (Lipinski definition) is 4. The van der Waals surface area contributed by atoms with Crippen LogP contribution in [0.1, 0.15) is 97.4 Å². The van der Waals surface area contributed by atoms with Crippen LogP contribution in [0.25, 0.3) is 0 Å². The zero-order valence-corrected chi connectivity index (χ0v) is 23.5. The lowest BCUT2D eigenvalue weighted by Gasteiger charge is -2.38. The van der Waals surface area contributed by atoms with Gasteiger partial charge in [-0.05, 0) is 71.9 Å². The fourth-order valence-corrected chi connectivity index (χ4v) is 4.02. The Hall–Kier alpha value is -2.57. The molecule has 0 heterocycles. The lowest BCUT2D eigenvalue weighted by Crippen LogP contribution is -2.56. The molecule has 0 fully saturated rings. The van der Waals surface area contributed by atoms with Gasteiger partial charge in [0, 0.05) is 12.6 Å². The number of nitrogens with one attached hydrogen (secondary N) is 2. The van der Waals surface area contributed by atoms with Gasteiger partial charge in [0.25, 0.3) is 0 Å². The van der Waals surface area contributed by atoms with E-state index in [1.807, 2.05) is 59.7 Å². The van der Waals surface area contributed by atoms with Crippen LogP contribution in [0.5, 0.6) is 0 Å². The van der Waals surface area contributed by atoms with Crippen LogP contribution in [0.2, 0.25) is 0 Å². The molecular formula is C28H47N3O4. The smallest absolute Gasteiger partial charge is 0.408 e. The van der Waals surface area contributed by atoms with E-state index in [-0.39, 0.29) is 23.8 Å². The van der Waals surface area contributed by atoms with Gasteiger partial charge in [0.15, 0.2) is 0 Å². The van der Waals surface area contributed by atoms with Crippen LogP contribution < -0.4 is 10.6 Å².